The molecule has 4 N–H and O–H groups in total. The number of carbonyl (C=O) groups is 2. The second-order valence-electron chi connectivity index (χ2n) is 10.5. The van der Waals surface area contributed by atoms with Crippen molar-refractivity contribution in [3.05, 3.63) is 110 Å². The van der Waals surface area contributed by atoms with Crippen LogP contribution in [0.5, 0.6) is 0 Å². The fraction of sp³-hybridized carbons (Fsp3) is 0.125. The number of anilines is 1. The summed E-state index contributed by atoms with van der Waals surface area (Å²) in [5.74, 6) is -0.892. The Bertz CT molecular complexity index is 2230. The molecule has 0 bridgehead atoms. The van der Waals surface area contributed by atoms with Gasteiger partial charge in [-0.3, -0.25) is 18.8 Å². The number of nitrogens with one attached hydrogen (secondary N) is 2. The molecular weight excluding hydrogens is 554 g/mol. The molecule has 6 rings (SSSR count). The average Bonchev–Trinajstić information content (AvgIpc) is 3.33. The van der Waals surface area contributed by atoms with Gasteiger partial charge in [-0.1, -0.05) is 49.7 Å². The molecule has 0 radical (unpaired) electrons. The Balaban J connectivity index is 1.60. The van der Waals surface area contributed by atoms with Crippen LogP contribution in [-0.2, 0) is 4.79 Å². The number of fused-ring (bicyclic) bond motifs is 4. The lowest BCUT2D eigenvalue weighted by atomic mass is 9.93. The summed E-state index contributed by atoms with van der Waals surface area (Å²) in [6, 6.07) is 19.0. The van der Waals surface area contributed by atoms with E-state index in [1.807, 2.05) is 45.0 Å². The summed E-state index contributed by atoms with van der Waals surface area (Å²) in [6.45, 7) is 5.47. The van der Waals surface area contributed by atoms with E-state index >= 15 is 0 Å². The van der Waals surface area contributed by atoms with E-state index in [2.05, 4.69) is 10.3 Å². The van der Waals surface area contributed by atoms with Crippen molar-refractivity contribution in [1.82, 2.24) is 14.0 Å². The molecule has 0 spiro atoms. The average molecular weight is 580 g/mol. The van der Waals surface area contributed by atoms with Crippen molar-refractivity contribution in [3.63, 3.8) is 0 Å². The van der Waals surface area contributed by atoms with Crippen molar-refractivity contribution in [1.29, 1.82) is 0 Å². The molecule has 3 aromatic carbocycles. The quantitative estimate of drug-likeness (QED) is 0.252. The number of aromatic amines is 1. The number of nitrogens with two attached hydrogens (primary N) is 1. The maximum Gasteiger partial charge on any atom is 0.340 e. The van der Waals surface area contributed by atoms with Crippen LogP contribution in [0.1, 0.15) is 29.8 Å². The number of rotatable bonds is 5. The predicted molar refractivity (Wildman–Crippen MR) is 166 cm³/mol. The largest absolute Gasteiger partial charge is 0.366 e. The van der Waals surface area contributed by atoms with Gasteiger partial charge >= 0.3 is 5.69 Å². The Labute approximate surface area is 244 Å². The number of hydrogen-bond acceptors (Lipinski definition) is 4. The maximum atomic E-state index is 13.5. The number of hydrogen-bond donors (Lipinski definition) is 3. The molecule has 0 atom stereocenters. The summed E-state index contributed by atoms with van der Waals surface area (Å²) in [5, 5.41) is 4.76. The zero-order chi connectivity index (χ0) is 29.9. The molecule has 0 unspecified atom stereocenters. The van der Waals surface area contributed by atoms with Crippen LogP contribution in [0.2, 0.25) is 5.02 Å². The van der Waals surface area contributed by atoms with Crippen LogP contribution in [0.3, 0.4) is 0 Å². The van der Waals surface area contributed by atoms with E-state index in [-0.39, 0.29) is 11.8 Å². The highest BCUT2D eigenvalue weighted by Crippen LogP contribution is 2.39. The van der Waals surface area contributed by atoms with Crippen molar-refractivity contribution in [3.8, 4) is 16.8 Å². The first-order chi connectivity index (χ1) is 20.1. The van der Waals surface area contributed by atoms with Gasteiger partial charge in [0.05, 0.1) is 27.3 Å². The van der Waals surface area contributed by atoms with Crippen molar-refractivity contribution in [2.24, 2.45) is 11.7 Å². The van der Waals surface area contributed by atoms with E-state index in [9.17, 15) is 19.2 Å². The van der Waals surface area contributed by atoms with E-state index in [0.29, 0.717) is 44.1 Å². The second-order valence-corrected chi connectivity index (χ2v) is 10.9. The molecule has 210 valence electrons. The third-order valence-electron chi connectivity index (χ3n) is 7.51. The summed E-state index contributed by atoms with van der Waals surface area (Å²) in [7, 11) is 0. The Morgan fingerprint density at radius 2 is 1.76 bits per heavy atom. The summed E-state index contributed by atoms with van der Waals surface area (Å²) in [5.41, 5.74) is 9.82. The number of primary amides is 1. The van der Waals surface area contributed by atoms with Crippen LogP contribution in [-0.4, -0.2) is 25.8 Å². The van der Waals surface area contributed by atoms with Crippen LogP contribution < -0.4 is 22.3 Å². The SMILES string of the molecule is Cc1c(-c2ccc(C(N)=O)c3[nH]c4cc(NC(=O)C(C)C)ccc4c23)cccc1-n1c(=O)cc2c(Cl)cccn2c1=O. The fourth-order valence-electron chi connectivity index (χ4n) is 5.37. The fourth-order valence-corrected chi connectivity index (χ4v) is 5.59. The molecule has 0 fully saturated rings. The van der Waals surface area contributed by atoms with Crippen LogP contribution in [0.4, 0.5) is 5.69 Å². The van der Waals surface area contributed by atoms with Gasteiger partial charge in [-0.2, -0.15) is 0 Å². The molecule has 10 heteroatoms. The number of aromatic nitrogens is 3. The first-order valence-electron chi connectivity index (χ1n) is 13.3. The molecule has 3 aromatic heterocycles. The third kappa shape index (κ3) is 4.26. The highest BCUT2D eigenvalue weighted by molar-refractivity contribution is 6.33. The first-order valence-corrected chi connectivity index (χ1v) is 13.7. The van der Waals surface area contributed by atoms with Crippen molar-refractivity contribution in [2.75, 3.05) is 5.32 Å². The minimum absolute atomic E-state index is 0.112. The topological polar surface area (TPSA) is 131 Å². The molecule has 42 heavy (non-hydrogen) atoms. The van der Waals surface area contributed by atoms with Gasteiger partial charge in [-0.25, -0.2) is 9.36 Å². The zero-order valence-corrected chi connectivity index (χ0v) is 23.7. The summed E-state index contributed by atoms with van der Waals surface area (Å²) < 4.78 is 2.46. The molecule has 0 aliphatic carbocycles. The molecule has 6 aromatic rings. The summed E-state index contributed by atoms with van der Waals surface area (Å²) >= 11 is 6.25. The highest BCUT2D eigenvalue weighted by atomic mass is 35.5. The number of benzene rings is 3. The molecule has 9 nitrogen and oxygen atoms in total. The molecule has 0 saturated carbocycles. The lowest BCUT2D eigenvalue weighted by Gasteiger charge is -2.15. The lowest BCUT2D eigenvalue weighted by molar-refractivity contribution is -0.118. The van der Waals surface area contributed by atoms with E-state index in [4.69, 9.17) is 17.3 Å². The molecule has 0 aliphatic rings. The van der Waals surface area contributed by atoms with E-state index in [1.54, 1.807) is 42.6 Å². The van der Waals surface area contributed by atoms with Crippen LogP contribution in [0.15, 0.2) is 82.5 Å². The Morgan fingerprint density at radius 3 is 2.50 bits per heavy atom. The maximum absolute atomic E-state index is 13.5. The van der Waals surface area contributed by atoms with Crippen molar-refractivity contribution in [2.45, 2.75) is 20.8 Å². The lowest BCUT2D eigenvalue weighted by Crippen LogP contribution is -2.36. The van der Waals surface area contributed by atoms with E-state index in [0.717, 1.165) is 26.5 Å². The Hall–Kier alpha value is -5.15. The highest BCUT2D eigenvalue weighted by Gasteiger charge is 2.20. The summed E-state index contributed by atoms with van der Waals surface area (Å²) in [6.07, 6.45) is 1.56. The van der Waals surface area contributed by atoms with Crippen molar-refractivity contribution >= 4 is 56.4 Å². The molecular formula is C32H26ClN5O4. The van der Waals surface area contributed by atoms with Gasteiger partial charge in [0.25, 0.3) is 11.5 Å². The molecule has 2 amide bonds. The van der Waals surface area contributed by atoms with Gasteiger partial charge in [0, 0.05) is 40.2 Å². The van der Waals surface area contributed by atoms with Gasteiger partial charge < -0.3 is 16.0 Å². The van der Waals surface area contributed by atoms with E-state index in [1.165, 1.54) is 10.5 Å². The van der Waals surface area contributed by atoms with Gasteiger partial charge in [-0.15, -0.1) is 0 Å². The van der Waals surface area contributed by atoms with Crippen LogP contribution in [0, 0.1) is 12.8 Å². The molecule has 0 saturated heterocycles. The number of amides is 2. The first kappa shape index (κ1) is 27.0. The van der Waals surface area contributed by atoms with Crippen LogP contribution in [0.25, 0.3) is 44.1 Å². The third-order valence-corrected chi connectivity index (χ3v) is 7.83. The Kier molecular flexibility index (Phi) is 6.46. The molecule has 3 heterocycles. The number of H-pyrrole nitrogens is 1. The number of pyridine rings is 1. The van der Waals surface area contributed by atoms with Crippen LogP contribution >= 0.6 is 11.6 Å². The minimum atomic E-state index is -0.591. The standard InChI is InChI=1S/C32H26ClN5O4/c1-16(2)31(41)35-18-9-10-21-24(14-18)36-29-22(30(34)40)12-11-20(28(21)29)19-6-4-8-25(17(19)3)38-27(39)15-26-23(33)7-5-13-37(26)32(38)42/h4-16,36H,1-3H3,(H2,34,40)(H,35,41). The monoisotopic (exact) mass is 579 g/mol. The van der Waals surface area contributed by atoms with Gasteiger partial charge in [0.15, 0.2) is 0 Å². The summed E-state index contributed by atoms with van der Waals surface area (Å²) in [4.78, 5) is 54.7. The number of halogens is 1. The smallest absolute Gasteiger partial charge is 0.340 e. The Morgan fingerprint density at radius 1 is 0.976 bits per heavy atom. The normalized spacial score (nSPS) is 11.5. The van der Waals surface area contributed by atoms with E-state index < -0.39 is 17.2 Å². The molecule has 0 aliphatic heterocycles. The van der Waals surface area contributed by atoms with Gasteiger partial charge in [0.2, 0.25) is 5.91 Å². The zero-order valence-electron chi connectivity index (χ0n) is 23.0. The second kappa shape index (κ2) is 10.0. The van der Waals surface area contributed by atoms with Gasteiger partial charge in [0.1, 0.15) is 0 Å². The number of carbonyl (C=O) groups excluding carboxylic acids is 2. The number of nitrogens with zero attached hydrogens (tertiary/aromatic N) is 2. The predicted octanol–water partition coefficient (Wildman–Crippen LogP) is 5.41. The van der Waals surface area contributed by atoms with Crippen molar-refractivity contribution < 1.29 is 9.59 Å². The van der Waals surface area contributed by atoms with Gasteiger partial charge in [-0.05, 0) is 60.0 Å². The minimum Gasteiger partial charge on any atom is -0.366 e.